The van der Waals surface area contributed by atoms with Gasteiger partial charge >= 0.3 is 0 Å². The van der Waals surface area contributed by atoms with Crippen molar-refractivity contribution in [3.8, 4) is 16.3 Å². The fourth-order valence-electron chi connectivity index (χ4n) is 2.83. The third-order valence-corrected chi connectivity index (χ3v) is 7.00. The summed E-state index contributed by atoms with van der Waals surface area (Å²) in [7, 11) is -3.48. The van der Waals surface area contributed by atoms with Crippen molar-refractivity contribution in [2.75, 3.05) is 11.1 Å². The molecule has 29 heavy (non-hydrogen) atoms. The average molecular weight is 428 g/mol. The third kappa shape index (κ3) is 3.47. The van der Waals surface area contributed by atoms with Crippen LogP contribution in [-0.2, 0) is 9.84 Å². The van der Waals surface area contributed by atoms with Gasteiger partial charge in [0.1, 0.15) is 11.3 Å². The van der Waals surface area contributed by atoms with Crippen LogP contribution in [0.4, 0.5) is 5.69 Å². The molecule has 0 saturated carbocycles. The number of fused-ring (bicyclic) bond motifs is 1. The first kappa shape index (κ1) is 19.1. The van der Waals surface area contributed by atoms with Gasteiger partial charge < -0.3 is 10.4 Å². The molecule has 0 aliphatic rings. The van der Waals surface area contributed by atoms with Crippen LogP contribution < -0.4 is 5.32 Å². The van der Waals surface area contributed by atoms with Gasteiger partial charge in [-0.1, -0.05) is 13.0 Å². The fraction of sp³-hybridized carbons (Fsp3) is 0.105. The zero-order valence-electron chi connectivity index (χ0n) is 15.2. The number of amides is 1. The van der Waals surface area contributed by atoms with Crippen molar-refractivity contribution >= 4 is 38.4 Å². The van der Waals surface area contributed by atoms with Crippen molar-refractivity contribution in [2.24, 2.45) is 0 Å². The lowest BCUT2D eigenvalue weighted by atomic mass is 10.2. The van der Waals surface area contributed by atoms with E-state index < -0.39 is 15.7 Å². The van der Waals surface area contributed by atoms with Gasteiger partial charge in [-0.25, -0.2) is 17.9 Å². The number of phenolic OH excluding ortho intramolecular Hbond substituents is 1. The summed E-state index contributed by atoms with van der Waals surface area (Å²) in [6.45, 7) is 1.52. The summed E-state index contributed by atoms with van der Waals surface area (Å²) in [5, 5.41) is 18.8. The molecule has 4 aromatic rings. The van der Waals surface area contributed by atoms with Crippen LogP contribution in [0.3, 0.4) is 0 Å². The number of nitrogens with zero attached hydrogens (tertiary/aromatic N) is 3. The molecule has 0 aliphatic heterocycles. The smallest absolute Gasteiger partial charge is 0.261 e. The van der Waals surface area contributed by atoms with E-state index in [9.17, 15) is 18.3 Å². The molecule has 10 heteroatoms. The second-order valence-electron chi connectivity index (χ2n) is 6.14. The minimum Gasteiger partial charge on any atom is -0.506 e. The average Bonchev–Trinajstić information content (AvgIpc) is 3.39. The van der Waals surface area contributed by atoms with Crippen molar-refractivity contribution in [3.05, 3.63) is 59.7 Å². The number of rotatable bonds is 5. The van der Waals surface area contributed by atoms with E-state index in [1.165, 1.54) is 42.7 Å². The minimum atomic E-state index is -3.48. The van der Waals surface area contributed by atoms with Gasteiger partial charge in [0.25, 0.3) is 5.91 Å². The zero-order chi connectivity index (χ0) is 20.6. The van der Waals surface area contributed by atoms with Gasteiger partial charge in [0.15, 0.2) is 15.5 Å². The number of hydrogen-bond donors (Lipinski definition) is 2. The van der Waals surface area contributed by atoms with Crippen LogP contribution >= 0.6 is 11.3 Å². The van der Waals surface area contributed by atoms with Crippen LogP contribution in [0.2, 0.25) is 0 Å². The lowest BCUT2D eigenvalue weighted by Crippen LogP contribution is -2.13. The molecule has 0 unspecified atom stereocenters. The number of sulfone groups is 1. The maximum Gasteiger partial charge on any atom is 0.261 e. The Morgan fingerprint density at radius 2 is 2.10 bits per heavy atom. The first-order valence-corrected chi connectivity index (χ1v) is 11.2. The minimum absolute atomic E-state index is 0.00159. The number of aromatic nitrogens is 3. The van der Waals surface area contributed by atoms with Crippen LogP contribution in [0.15, 0.2) is 59.1 Å². The highest BCUT2D eigenvalue weighted by molar-refractivity contribution is 7.91. The monoisotopic (exact) mass is 428 g/mol. The second kappa shape index (κ2) is 7.30. The highest BCUT2D eigenvalue weighted by Gasteiger charge is 2.19. The molecule has 3 aromatic heterocycles. The quantitative estimate of drug-likeness (QED) is 0.472. The Morgan fingerprint density at radius 1 is 1.28 bits per heavy atom. The Balaban J connectivity index is 1.71. The predicted molar refractivity (Wildman–Crippen MR) is 110 cm³/mol. The largest absolute Gasteiger partial charge is 0.506 e. The molecule has 3 heterocycles. The molecule has 0 aliphatic carbocycles. The fourth-order valence-corrected chi connectivity index (χ4v) is 4.47. The molecule has 0 radical (unpaired) electrons. The number of aromatic hydroxyl groups is 1. The Kier molecular flexibility index (Phi) is 4.81. The molecule has 0 spiro atoms. The summed E-state index contributed by atoms with van der Waals surface area (Å²) in [6.07, 6.45) is 2.98. The molecule has 0 saturated heterocycles. The summed E-state index contributed by atoms with van der Waals surface area (Å²) in [6, 6.07) is 9.44. The Hall–Kier alpha value is -3.24. The number of benzene rings is 1. The van der Waals surface area contributed by atoms with E-state index in [2.05, 4.69) is 15.4 Å². The van der Waals surface area contributed by atoms with Crippen molar-refractivity contribution < 1.29 is 18.3 Å². The maximum absolute atomic E-state index is 12.8. The van der Waals surface area contributed by atoms with Gasteiger partial charge in [0.05, 0.1) is 33.1 Å². The van der Waals surface area contributed by atoms with E-state index in [-0.39, 0.29) is 27.6 Å². The first-order valence-electron chi connectivity index (χ1n) is 8.64. The van der Waals surface area contributed by atoms with Crippen molar-refractivity contribution in [2.45, 2.75) is 11.8 Å². The SMILES string of the molecule is CCS(=O)(=O)c1ccc(O)c(NC(=O)c2cnn3c(-c4cccs4)ccnc23)c1. The van der Waals surface area contributed by atoms with Gasteiger partial charge in [0, 0.05) is 6.20 Å². The van der Waals surface area contributed by atoms with E-state index in [1.807, 2.05) is 17.5 Å². The van der Waals surface area contributed by atoms with E-state index in [0.717, 1.165) is 10.6 Å². The number of anilines is 1. The highest BCUT2D eigenvalue weighted by Crippen LogP contribution is 2.29. The van der Waals surface area contributed by atoms with Gasteiger partial charge in [-0.05, 0) is 35.7 Å². The molecule has 4 rings (SSSR count). The number of thiophene rings is 1. The molecular formula is C19H16N4O4S2. The van der Waals surface area contributed by atoms with Crippen molar-refractivity contribution in [3.63, 3.8) is 0 Å². The van der Waals surface area contributed by atoms with E-state index >= 15 is 0 Å². The Morgan fingerprint density at radius 3 is 2.83 bits per heavy atom. The zero-order valence-corrected chi connectivity index (χ0v) is 16.9. The predicted octanol–water partition coefficient (Wildman–Crippen LogP) is 3.21. The summed E-state index contributed by atoms with van der Waals surface area (Å²) in [5.41, 5.74) is 1.35. The lowest BCUT2D eigenvalue weighted by molar-refractivity contribution is 0.102. The maximum atomic E-state index is 12.8. The summed E-state index contributed by atoms with van der Waals surface area (Å²) in [4.78, 5) is 18.1. The third-order valence-electron chi connectivity index (χ3n) is 4.37. The van der Waals surface area contributed by atoms with Crippen molar-refractivity contribution in [1.29, 1.82) is 0 Å². The lowest BCUT2D eigenvalue weighted by Gasteiger charge is -2.09. The van der Waals surface area contributed by atoms with Crippen LogP contribution in [0.1, 0.15) is 17.3 Å². The van der Waals surface area contributed by atoms with Crippen LogP contribution in [0.5, 0.6) is 5.75 Å². The molecule has 0 atom stereocenters. The number of nitrogens with one attached hydrogen (secondary N) is 1. The summed E-state index contributed by atoms with van der Waals surface area (Å²) < 4.78 is 25.7. The molecule has 0 bridgehead atoms. The molecule has 148 valence electrons. The molecule has 8 nitrogen and oxygen atoms in total. The van der Waals surface area contributed by atoms with Crippen molar-refractivity contribution in [1.82, 2.24) is 14.6 Å². The van der Waals surface area contributed by atoms with Gasteiger partial charge in [-0.3, -0.25) is 4.79 Å². The molecule has 1 amide bonds. The highest BCUT2D eigenvalue weighted by atomic mass is 32.2. The Bertz CT molecular complexity index is 1310. The number of hydrogen-bond acceptors (Lipinski definition) is 7. The molecule has 1 aromatic carbocycles. The summed E-state index contributed by atoms with van der Waals surface area (Å²) in [5.74, 6) is -0.886. The second-order valence-corrected chi connectivity index (χ2v) is 9.36. The summed E-state index contributed by atoms with van der Waals surface area (Å²) >= 11 is 1.54. The topological polar surface area (TPSA) is 114 Å². The van der Waals surface area contributed by atoms with Gasteiger partial charge in [-0.15, -0.1) is 11.3 Å². The van der Waals surface area contributed by atoms with E-state index in [1.54, 1.807) is 16.8 Å². The molecule has 0 fully saturated rings. The molecule has 2 N–H and O–H groups in total. The number of carbonyl (C=O) groups is 1. The van der Waals surface area contributed by atoms with Crippen LogP contribution in [0, 0.1) is 0 Å². The van der Waals surface area contributed by atoms with E-state index in [4.69, 9.17) is 0 Å². The Labute approximate surface area is 170 Å². The number of phenols is 1. The normalized spacial score (nSPS) is 11.6. The number of carbonyl (C=O) groups excluding carboxylic acids is 1. The van der Waals surface area contributed by atoms with Gasteiger partial charge in [-0.2, -0.15) is 5.10 Å². The first-order chi connectivity index (χ1) is 13.9. The van der Waals surface area contributed by atoms with Crippen LogP contribution in [0.25, 0.3) is 16.2 Å². The molecular weight excluding hydrogens is 412 g/mol. The van der Waals surface area contributed by atoms with Gasteiger partial charge in [0.2, 0.25) is 0 Å². The van der Waals surface area contributed by atoms with E-state index in [0.29, 0.717) is 5.65 Å². The standard InChI is InChI=1S/C19H16N4O4S2/c1-2-29(26,27)12-5-6-16(24)14(10-12)22-19(25)13-11-21-23-15(7-8-20-18(13)23)17-4-3-9-28-17/h3-11,24H,2H2,1H3,(H,22,25). The van der Waals surface area contributed by atoms with Crippen LogP contribution in [-0.4, -0.2) is 39.8 Å².